The maximum Gasteiger partial charge on any atom is 0.230 e. The van der Waals surface area contributed by atoms with Crippen LogP contribution in [-0.4, -0.2) is 38.5 Å². The zero-order chi connectivity index (χ0) is 13.2. The summed E-state index contributed by atoms with van der Waals surface area (Å²) in [6.07, 6.45) is 0. The summed E-state index contributed by atoms with van der Waals surface area (Å²) in [5, 5.41) is 2.80. The molecule has 0 aliphatic carbocycles. The van der Waals surface area contributed by atoms with Gasteiger partial charge in [-0.25, -0.2) is 0 Å². The molecule has 0 heterocycles. The lowest BCUT2D eigenvalue weighted by atomic mass is 10.3. The lowest BCUT2D eigenvalue weighted by Gasteiger charge is -2.06. The molecule has 0 saturated heterocycles. The van der Waals surface area contributed by atoms with Crippen LogP contribution in [0.4, 0.5) is 0 Å². The molecule has 0 spiro atoms. The molecule has 5 heteroatoms. The lowest BCUT2D eigenvalue weighted by molar-refractivity contribution is -0.118. The Balaban J connectivity index is 2.24. The van der Waals surface area contributed by atoms with Crippen molar-refractivity contribution < 1.29 is 14.3 Å². The van der Waals surface area contributed by atoms with E-state index in [1.165, 1.54) is 11.8 Å². The van der Waals surface area contributed by atoms with Crippen molar-refractivity contribution in [2.45, 2.75) is 11.8 Å². The maximum absolute atomic E-state index is 11.5. The summed E-state index contributed by atoms with van der Waals surface area (Å²) >= 11 is 1.49. The highest BCUT2D eigenvalue weighted by atomic mass is 32.2. The molecular formula is C13H19NO3S. The predicted molar refractivity (Wildman–Crippen MR) is 73.2 cm³/mol. The first-order valence-electron chi connectivity index (χ1n) is 5.87. The van der Waals surface area contributed by atoms with E-state index in [0.29, 0.717) is 25.5 Å². The minimum Gasteiger partial charge on any atom is -0.497 e. The van der Waals surface area contributed by atoms with E-state index < -0.39 is 0 Å². The standard InChI is InChI=1S/C13H19NO3S/c1-3-17-8-7-14-13(15)10-18-12-6-4-5-11(9-12)16-2/h4-6,9H,3,7-8,10H2,1-2H3,(H,14,15). The van der Waals surface area contributed by atoms with E-state index >= 15 is 0 Å². The van der Waals surface area contributed by atoms with Gasteiger partial charge in [-0.3, -0.25) is 4.79 Å². The first kappa shape index (κ1) is 14.9. The van der Waals surface area contributed by atoms with E-state index in [1.54, 1.807) is 7.11 Å². The van der Waals surface area contributed by atoms with Gasteiger partial charge >= 0.3 is 0 Å². The Kier molecular flexibility index (Phi) is 7.29. The van der Waals surface area contributed by atoms with Gasteiger partial charge in [-0.2, -0.15) is 0 Å². The van der Waals surface area contributed by atoms with Crippen molar-refractivity contribution in [1.82, 2.24) is 5.32 Å². The normalized spacial score (nSPS) is 10.1. The van der Waals surface area contributed by atoms with E-state index in [0.717, 1.165) is 10.6 Å². The Bertz CT molecular complexity index is 371. The second kappa shape index (κ2) is 8.83. The number of carbonyl (C=O) groups excluding carboxylic acids is 1. The highest BCUT2D eigenvalue weighted by Crippen LogP contribution is 2.22. The van der Waals surface area contributed by atoms with Crippen LogP contribution >= 0.6 is 11.8 Å². The molecule has 0 aliphatic rings. The zero-order valence-corrected chi connectivity index (χ0v) is 11.6. The van der Waals surface area contributed by atoms with Crippen molar-refractivity contribution in [3.05, 3.63) is 24.3 Å². The van der Waals surface area contributed by atoms with Gasteiger partial charge in [-0.05, 0) is 25.1 Å². The van der Waals surface area contributed by atoms with Crippen LogP contribution in [0.15, 0.2) is 29.2 Å². The van der Waals surface area contributed by atoms with Crippen LogP contribution in [-0.2, 0) is 9.53 Å². The summed E-state index contributed by atoms with van der Waals surface area (Å²) in [4.78, 5) is 12.5. The molecule has 1 N–H and O–H groups in total. The Morgan fingerprint density at radius 1 is 1.44 bits per heavy atom. The second-order valence-corrected chi connectivity index (χ2v) is 4.56. The predicted octanol–water partition coefficient (Wildman–Crippen LogP) is 1.94. The molecule has 0 atom stereocenters. The summed E-state index contributed by atoms with van der Waals surface area (Å²) in [6, 6.07) is 7.67. The fraction of sp³-hybridized carbons (Fsp3) is 0.462. The van der Waals surface area contributed by atoms with Gasteiger partial charge in [0.15, 0.2) is 0 Å². The van der Waals surface area contributed by atoms with Crippen molar-refractivity contribution in [1.29, 1.82) is 0 Å². The summed E-state index contributed by atoms with van der Waals surface area (Å²) in [5.41, 5.74) is 0. The lowest BCUT2D eigenvalue weighted by Crippen LogP contribution is -2.28. The molecule has 1 aromatic rings. The van der Waals surface area contributed by atoms with Crippen LogP contribution in [0.3, 0.4) is 0 Å². The van der Waals surface area contributed by atoms with Gasteiger partial charge in [-0.15, -0.1) is 11.8 Å². The number of carbonyl (C=O) groups is 1. The Labute approximate surface area is 112 Å². The molecule has 0 saturated carbocycles. The number of amides is 1. The summed E-state index contributed by atoms with van der Waals surface area (Å²) in [7, 11) is 1.63. The second-order valence-electron chi connectivity index (χ2n) is 3.51. The number of methoxy groups -OCH3 is 1. The first-order valence-corrected chi connectivity index (χ1v) is 6.86. The smallest absolute Gasteiger partial charge is 0.230 e. The highest BCUT2D eigenvalue weighted by Gasteiger charge is 2.03. The fourth-order valence-electron chi connectivity index (χ4n) is 1.30. The summed E-state index contributed by atoms with van der Waals surface area (Å²) in [6.45, 7) is 3.73. The summed E-state index contributed by atoms with van der Waals surface area (Å²) in [5.74, 6) is 1.22. The number of ether oxygens (including phenoxy) is 2. The monoisotopic (exact) mass is 269 g/mol. The average molecular weight is 269 g/mol. The molecule has 1 rings (SSSR count). The molecule has 0 radical (unpaired) electrons. The molecule has 1 amide bonds. The molecule has 100 valence electrons. The number of rotatable bonds is 8. The third-order valence-corrected chi connectivity index (χ3v) is 3.18. The van der Waals surface area contributed by atoms with E-state index in [4.69, 9.17) is 9.47 Å². The summed E-state index contributed by atoms with van der Waals surface area (Å²) < 4.78 is 10.3. The molecule has 4 nitrogen and oxygen atoms in total. The molecular weight excluding hydrogens is 250 g/mol. The number of hydrogen-bond donors (Lipinski definition) is 1. The number of hydrogen-bond acceptors (Lipinski definition) is 4. The van der Waals surface area contributed by atoms with Crippen LogP contribution in [0.2, 0.25) is 0 Å². The Morgan fingerprint density at radius 2 is 2.28 bits per heavy atom. The molecule has 0 unspecified atom stereocenters. The first-order chi connectivity index (χ1) is 8.76. The van der Waals surface area contributed by atoms with Crippen molar-refractivity contribution in [2.75, 3.05) is 32.6 Å². The average Bonchev–Trinajstić information content (AvgIpc) is 2.41. The van der Waals surface area contributed by atoms with Crippen molar-refractivity contribution in [3.8, 4) is 5.75 Å². The number of benzene rings is 1. The van der Waals surface area contributed by atoms with Gasteiger partial charge in [-0.1, -0.05) is 6.07 Å². The van der Waals surface area contributed by atoms with Crippen LogP contribution in [0.1, 0.15) is 6.92 Å². The quantitative estimate of drug-likeness (QED) is 0.579. The van der Waals surface area contributed by atoms with Crippen molar-refractivity contribution in [3.63, 3.8) is 0 Å². The number of nitrogens with one attached hydrogen (secondary N) is 1. The topological polar surface area (TPSA) is 47.6 Å². The van der Waals surface area contributed by atoms with Gasteiger partial charge in [0.2, 0.25) is 5.91 Å². The van der Waals surface area contributed by atoms with Gasteiger partial charge < -0.3 is 14.8 Å². The highest BCUT2D eigenvalue weighted by molar-refractivity contribution is 8.00. The third-order valence-electron chi connectivity index (χ3n) is 2.18. The van der Waals surface area contributed by atoms with Gasteiger partial charge in [0, 0.05) is 18.0 Å². The third kappa shape index (κ3) is 5.93. The van der Waals surface area contributed by atoms with Crippen LogP contribution in [0.25, 0.3) is 0 Å². The van der Waals surface area contributed by atoms with Gasteiger partial charge in [0.1, 0.15) is 5.75 Å². The van der Waals surface area contributed by atoms with E-state index in [1.807, 2.05) is 31.2 Å². The molecule has 0 fully saturated rings. The largest absolute Gasteiger partial charge is 0.497 e. The zero-order valence-electron chi connectivity index (χ0n) is 10.8. The SMILES string of the molecule is CCOCCNC(=O)CSc1cccc(OC)c1. The van der Waals surface area contributed by atoms with E-state index in [2.05, 4.69) is 5.32 Å². The Hall–Kier alpha value is -1.20. The van der Waals surface area contributed by atoms with Crippen LogP contribution in [0, 0.1) is 0 Å². The number of thioether (sulfide) groups is 1. The van der Waals surface area contributed by atoms with Crippen LogP contribution < -0.4 is 10.1 Å². The van der Waals surface area contributed by atoms with Gasteiger partial charge in [0.05, 0.1) is 19.5 Å². The molecule has 0 aromatic heterocycles. The van der Waals surface area contributed by atoms with E-state index in [-0.39, 0.29) is 5.91 Å². The van der Waals surface area contributed by atoms with Crippen LogP contribution in [0.5, 0.6) is 5.75 Å². The minimum absolute atomic E-state index is 0.0162. The Morgan fingerprint density at radius 3 is 3.00 bits per heavy atom. The minimum atomic E-state index is 0.0162. The van der Waals surface area contributed by atoms with E-state index in [9.17, 15) is 4.79 Å². The molecule has 0 aliphatic heterocycles. The fourth-order valence-corrected chi connectivity index (χ4v) is 2.07. The molecule has 18 heavy (non-hydrogen) atoms. The maximum atomic E-state index is 11.5. The van der Waals surface area contributed by atoms with Crippen molar-refractivity contribution >= 4 is 17.7 Å². The van der Waals surface area contributed by atoms with Gasteiger partial charge in [0.25, 0.3) is 0 Å². The molecule has 1 aromatic carbocycles. The molecule has 0 bridgehead atoms. The van der Waals surface area contributed by atoms with Crippen molar-refractivity contribution in [2.24, 2.45) is 0 Å².